The summed E-state index contributed by atoms with van der Waals surface area (Å²) < 4.78 is 25.1. The highest BCUT2D eigenvalue weighted by Gasteiger charge is 2.79. The number of fused-ring (bicyclic) bond motifs is 5. The predicted octanol–water partition coefficient (Wildman–Crippen LogP) is 3.83. The van der Waals surface area contributed by atoms with Crippen molar-refractivity contribution < 1.29 is 64.3 Å². The minimum Gasteiger partial charge on any atom is -0.507 e. The third-order valence-electron chi connectivity index (χ3n) is 8.76. The maximum absolute atomic E-state index is 14.7. The minimum atomic E-state index is -2.50. The van der Waals surface area contributed by atoms with E-state index in [1.165, 1.54) is 19.9 Å². The van der Waals surface area contributed by atoms with Gasteiger partial charge in [0.1, 0.15) is 51.0 Å². The standard InChI is InChI=1S/C32H20O14/c1-9-14(34)7-19-20(23(9)38)30(42)31-12-6-16(36)17(37)8-18(12)44-32(31,45-19)22-27(46-31)10(2)24(39)21-25(40)26(41)28(43-29(21)22)11-3-4-13(33)15(35)5-11/h3-8,33-39,41H,1-2H3. The molecule has 8 rings (SSSR count). The van der Waals surface area contributed by atoms with Crippen molar-refractivity contribution in [2.45, 2.75) is 25.2 Å². The largest absolute Gasteiger partial charge is 0.507 e. The van der Waals surface area contributed by atoms with E-state index in [1.54, 1.807) is 0 Å². The van der Waals surface area contributed by atoms with Crippen LogP contribution in [0.25, 0.3) is 22.3 Å². The van der Waals surface area contributed by atoms with Gasteiger partial charge in [-0.2, -0.15) is 0 Å². The molecule has 0 fully saturated rings. The summed E-state index contributed by atoms with van der Waals surface area (Å²) in [5.74, 6) is -10.0. The molecular weight excluding hydrogens is 608 g/mol. The molecule has 0 radical (unpaired) electrons. The van der Waals surface area contributed by atoms with Crippen molar-refractivity contribution in [3.05, 3.63) is 74.4 Å². The Labute approximate surface area is 255 Å². The molecule has 0 saturated carbocycles. The molecule has 0 bridgehead atoms. The number of rotatable bonds is 1. The molecule has 46 heavy (non-hydrogen) atoms. The van der Waals surface area contributed by atoms with E-state index in [0.717, 1.165) is 30.3 Å². The Hall–Kier alpha value is -6.44. The number of hydrogen-bond acceptors (Lipinski definition) is 14. The summed E-state index contributed by atoms with van der Waals surface area (Å²) in [5, 5.41) is 83.9. The molecule has 3 aliphatic rings. The van der Waals surface area contributed by atoms with Gasteiger partial charge in [0.15, 0.2) is 34.3 Å². The van der Waals surface area contributed by atoms with Crippen LogP contribution < -0.4 is 19.6 Å². The van der Waals surface area contributed by atoms with Gasteiger partial charge >= 0.3 is 5.79 Å². The SMILES string of the molecule is Cc1c(O)cc2c(c1O)C(=O)C13Oc4c(C)c(O)c5c(=O)c(O)c(-c6ccc(O)c(O)c6)oc5c4C1(Oc1cc(O)c(O)cc13)O2. The van der Waals surface area contributed by atoms with Gasteiger partial charge in [-0.05, 0) is 38.1 Å². The average molecular weight is 628 g/mol. The quantitative estimate of drug-likeness (QED) is 0.123. The van der Waals surface area contributed by atoms with Crippen LogP contribution in [-0.2, 0) is 11.4 Å². The van der Waals surface area contributed by atoms with Crippen molar-refractivity contribution in [2.24, 2.45) is 0 Å². The van der Waals surface area contributed by atoms with Gasteiger partial charge < -0.3 is 59.5 Å². The first-order valence-electron chi connectivity index (χ1n) is 13.6. The first kappa shape index (κ1) is 27.1. The minimum absolute atomic E-state index is 0.0645. The van der Waals surface area contributed by atoms with Crippen LogP contribution in [0.5, 0.6) is 63.2 Å². The Morgan fingerprint density at radius 2 is 1.30 bits per heavy atom. The second-order valence-corrected chi connectivity index (χ2v) is 11.2. The number of carbonyl (C=O) groups is 1. The predicted molar refractivity (Wildman–Crippen MR) is 153 cm³/mol. The molecule has 2 unspecified atom stereocenters. The molecule has 4 heterocycles. The number of carbonyl (C=O) groups excluding carboxylic acids is 1. The molecule has 0 saturated heterocycles. The van der Waals surface area contributed by atoms with E-state index >= 15 is 0 Å². The van der Waals surface area contributed by atoms with Crippen molar-refractivity contribution >= 4 is 16.8 Å². The summed E-state index contributed by atoms with van der Waals surface area (Å²) in [5.41, 5.74) is -5.23. The summed E-state index contributed by atoms with van der Waals surface area (Å²) in [6.07, 6.45) is 0. The van der Waals surface area contributed by atoms with Gasteiger partial charge in [0.05, 0.1) is 5.56 Å². The number of ether oxygens (including phenoxy) is 3. The summed E-state index contributed by atoms with van der Waals surface area (Å²) in [6.45, 7) is 2.70. The lowest BCUT2D eigenvalue weighted by Crippen LogP contribution is -2.59. The smallest absolute Gasteiger partial charge is 0.338 e. The lowest BCUT2D eigenvalue weighted by molar-refractivity contribution is -0.187. The van der Waals surface area contributed by atoms with Crippen molar-refractivity contribution in [1.29, 1.82) is 0 Å². The monoisotopic (exact) mass is 628 g/mol. The van der Waals surface area contributed by atoms with Gasteiger partial charge in [-0.3, -0.25) is 9.59 Å². The maximum atomic E-state index is 14.7. The van der Waals surface area contributed by atoms with Crippen LogP contribution >= 0.6 is 0 Å². The molecule has 14 heteroatoms. The number of ketones is 1. The van der Waals surface area contributed by atoms with Gasteiger partial charge in [-0.25, -0.2) is 0 Å². The third-order valence-corrected chi connectivity index (χ3v) is 8.76. The van der Waals surface area contributed by atoms with E-state index in [2.05, 4.69) is 0 Å². The fraction of sp³-hybridized carbons (Fsp3) is 0.125. The van der Waals surface area contributed by atoms with Crippen LogP contribution in [0.15, 0.2) is 45.6 Å². The number of hydrogen-bond donors (Lipinski definition) is 8. The average Bonchev–Trinajstić information content (AvgIpc) is 3.45. The highest BCUT2D eigenvalue weighted by Crippen LogP contribution is 2.69. The maximum Gasteiger partial charge on any atom is 0.338 e. The molecule has 232 valence electrons. The molecule has 2 atom stereocenters. The molecule has 0 spiro atoms. The van der Waals surface area contributed by atoms with Crippen molar-refractivity contribution in [2.75, 3.05) is 0 Å². The van der Waals surface area contributed by atoms with Gasteiger partial charge in [-0.15, -0.1) is 0 Å². The number of benzene rings is 4. The van der Waals surface area contributed by atoms with Crippen LogP contribution in [0.1, 0.15) is 32.6 Å². The first-order valence-corrected chi connectivity index (χ1v) is 13.6. The molecular formula is C32H20O14. The van der Waals surface area contributed by atoms with Crippen LogP contribution in [0.3, 0.4) is 0 Å². The fourth-order valence-electron chi connectivity index (χ4n) is 6.44. The third kappa shape index (κ3) is 2.86. The zero-order chi connectivity index (χ0) is 32.8. The normalized spacial score (nSPS) is 20.2. The summed E-state index contributed by atoms with van der Waals surface area (Å²) in [6, 6.07) is 6.36. The van der Waals surface area contributed by atoms with E-state index in [-0.39, 0.29) is 45.1 Å². The summed E-state index contributed by atoms with van der Waals surface area (Å²) in [4.78, 5) is 28.4. The highest BCUT2D eigenvalue weighted by molar-refractivity contribution is 6.12. The zero-order valence-electron chi connectivity index (χ0n) is 23.5. The Bertz CT molecular complexity index is 2360. The van der Waals surface area contributed by atoms with E-state index in [0.29, 0.717) is 0 Å². The summed E-state index contributed by atoms with van der Waals surface area (Å²) >= 11 is 0. The number of phenolic OH excluding ortho intramolecular Hbond substituents is 7. The summed E-state index contributed by atoms with van der Waals surface area (Å²) in [7, 11) is 0. The topological polar surface area (TPSA) is 237 Å². The second-order valence-electron chi connectivity index (χ2n) is 11.2. The van der Waals surface area contributed by atoms with E-state index in [9.17, 15) is 50.4 Å². The fourth-order valence-corrected chi connectivity index (χ4v) is 6.44. The molecule has 4 aromatic carbocycles. The zero-order valence-corrected chi connectivity index (χ0v) is 23.5. The van der Waals surface area contributed by atoms with Crippen molar-refractivity contribution in [1.82, 2.24) is 0 Å². The Kier molecular flexibility index (Phi) is 4.82. The molecule has 3 aliphatic heterocycles. The van der Waals surface area contributed by atoms with E-state index in [1.807, 2.05) is 0 Å². The lowest BCUT2D eigenvalue weighted by atomic mass is 9.76. The molecule has 0 amide bonds. The Morgan fingerprint density at radius 3 is 2.02 bits per heavy atom. The Morgan fingerprint density at radius 1 is 0.652 bits per heavy atom. The second kappa shape index (κ2) is 8.18. The Balaban J connectivity index is 1.54. The molecule has 8 N–H and O–H groups in total. The van der Waals surface area contributed by atoms with Crippen molar-refractivity contribution in [3.63, 3.8) is 0 Å². The number of Topliss-reactive ketones (excluding diaryl/α,β-unsaturated/α-hetero) is 1. The molecule has 5 aromatic rings. The van der Waals surface area contributed by atoms with Crippen LogP contribution in [0.2, 0.25) is 0 Å². The number of aromatic hydroxyl groups is 8. The van der Waals surface area contributed by atoms with Gasteiger partial charge in [0.25, 0.3) is 5.60 Å². The van der Waals surface area contributed by atoms with Crippen LogP contribution in [0.4, 0.5) is 0 Å². The van der Waals surface area contributed by atoms with Crippen LogP contribution in [-0.4, -0.2) is 46.6 Å². The lowest BCUT2D eigenvalue weighted by Gasteiger charge is -2.40. The molecule has 14 nitrogen and oxygen atoms in total. The molecule has 1 aromatic heterocycles. The highest BCUT2D eigenvalue weighted by atomic mass is 16.7. The van der Waals surface area contributed by atoms with Gasteiger partial charge in [0.2, 0.25) is 17.0 Å². The molecule has 0 aliphatic carbocycles. The van der Waals surface area contributed by atoms with E-state index in [4.69, 9.17) is 18.6 Å². The van der Waals surface area contributed by atoms with Gasteiger partial charge in [-0.1, -0.05) is 0 Å². The van der Waals surface area contributed by atoms with E-state index < -0.39 is 90.9 Å². The number of phenols is 7. The van der Waals surface area contributed by atoms with Crippen LogP contribution in [0, 0.1) is 13.8 Å². The van der Waals surface area contributed by atoms with Gasteiger partial charge in [0, 0.05) is 28.8 Å². The first-order chi connectivity index (χ1) is 21.7. The van der Waals surface area contributed by atoms with Crippen molar-refractivity contribution in [3.8, 4) is 74.6 Å².